The van der Waals surface area contributed by atoms with E-state index < -0.39 is 18.2 Å². The number of halogens is 1. The molecule has 0 aliphatic rings. The van der Waals surface area contributed by atoms with Gasteiger partial charge in [0.2, 0.25) is 0 Å². The summed E-state index contributed by atoms with van der Waals surface area (Å²) in [6, 6.07) is 0. The molecule has 0 aromatic carbocycles. The Morgan fingerprint density at radius 1 is 1.65 bits per heavy atom. The number of nitrogens with two attached hydrogens (primary N) is 1. The van der Waals surface area contributed by atoms with Gasteiger partial charge in [-0.1, -0.05) is 11.6 Å². The number of carbonyl (C=O) groups is 1. The van der Waals surface area contributed by atoms with E-state index in [4.69, 9.17) is 17.3 Å². The van der Waals surface area contributed by atoms with Crippen molar-refractivity contribution in [3.05, 3.63) is 17.0 Å². The molecule has 0 radical (unpaired) electrons. The van der Waals surface area contributed by atoms with E-state index in [1.807, 2.05) is 0 Å². The largest absolute Gasteiger partial charge is 0.469 e. The van der Waals surface area contributed by atoms with Gasteiger partial charge in [0.15, 0.2) is 0 Å². The minimum absolute atomic E-state index is 0.0264. The summed E-state index contributed by atoms with van der Waals surface area (Å²) in [7, 11) is 1.18. The fourth-order valence-electron chi connectivity index (χ4n) is 1.16. The average molecular weight is 262 g/mol. The third-order valence-corrected chi connectivity index (χ3v) is 2.23. The van der Waals surface area contributed by atoms with Crippen molar-refractivity contribution in [3.63, 3.8) is 0 Å². The van der Waals surface area contributed by atoms with Crippen molar-refractivity contribution in [1.82, 2.24) is 9.97 Å². The van der Waals surface area contributed by atoms with Crippen molar-refractivity contribution in [1.29, 1.82) is 0 Å². The lowest BCUT2D eigenvalue weighted by Crippen LogP contribution is -2.24. The topological polar surface area (TPSA) is 119 Å². The molecule has 0 aliphatic heterocycles. The SMILES string of the molecule is COC(=O)CC(O)C(O)c1nc(Cl)cnc1N. The summed E-state index contributed by atoms with van der Waals surface area (Å²) < 4.78 is 4.36. The second-order valence-electron chi connectivity index (χ2n) is 3.26. The Balaban J connectivity index is 2.84. The quantitative estimate of drug-likeness (QED) is 0.635. The standard InChI is InChI=1S/C9H12ClN3O4/c1-17-6(15)2-4(14)8(16)7-9(11)12-3-5(10)13-7/h3-4,8,14,16H,2H2,1H3,(H2,11,12). The van der Waals surface area contributed by atoms with Crippen LogP contribution in [0.5, 0.6) is 0 Å². The van der Waals surface area contributed by atoms with Crippen molar-refractivity contribution in [2.24, 2.45) is 0 Å². The third kappa shape index (κ3) is 3.52. The summed E-state index contributed by atoms with van der Waals surface area (Å²) >= 11 is 5.59. The van der Waals surface area contributed by atoms with E-state index in [-0.39, 0.29) is 23.1 Å². The third-order valence-electron chi connectivity index (χ3n) is 2.05. The molecule has 1 aromatic rings. The number of anilines is 1. The molecule has 1 heterocycles. The Morgan fingerprint density at radius 3 is 2.88 bits per heavy atom. The summed E-state index contributed by atoms with van der Waals surface area (Å²) in [5, 5.41) is 19.3. The van der Waals surface area contributed by atoms with Crippen LogP contribution in [0.15, 0.2) is 6.20 Å². The van der Waals surface area contributed by atoms with Crippen molar-refractivity contribution in [3.8, 4) is 0 Å². The Labute approximate surface area is 102 Å². The molecule has 0 fully saturated rings. The monoisotopic (exact) mass is 261 g/mol. The van der Waals surface area contributed by atoms with Crippen LogP contribution >= 0.6 is 11.6 Å². The Bertz CT molecular complexity index is 415. The molecular weight excluding hydrogens is 250 g/mol. The van der Waals surface area contributed by atoms with Crippen LogP contribution in [0.2, 0.25) is 5.15 Å². The maximum absolute atomic E-state index is 10.9. The van der Waals surface area contributed by atoms with Gasteiger partial charge in [0, 0.05) is 0 Å². The molecule has 2 unspecified atom stereocenters. The van der Waals surface area contributed by atoms with Crippen molar-refractivity contribution in [2.75, 3.05) is 12.8 Å². The molecule has 0 bridgehead atoms. The molecule has 7 nitrogen and oxygen atoms in total. The zero-order valence-electron chi connectivity index (χ0n) is 9.00. The predicted octanol–water partition coefficient (Wildman–Crippen LogP) is -0.330. The number of rotatable bonds is 4. The Kier molecular flexibility index (Phi) is 4.62. The van der Waals surface area contributed by atoms with Crippen LogP contribution in [-0.2, 0) is 9.53 Å². The number of aliphatic hydroxyl groups excluding tert-OH is 2. The van der Waals surface area contributed by atoms with E-state index in [0.29, 0.717) is 0 Å². The molecule has 94 valence electrons. The second-order valence-corrected chi connectivity index (χ2v) is 3.64. The van der Waals surface area contributed by atoms with Crippen LogP contribution in [0.1, 0.15) is 18.2 Å². The lowest BCUT2D eigenvalue weighted by Gasteiger charge is -2.17. The minimum Gasteiger partial charge on any atom is -0.469 e. The van der Waals surface area contributed by atoms with Crippen molar-refractivity contribution in [2.45, 2.75) is 18.6 Å². The Hall–Kier alpha value is -1.44. The van der Waals surface area contributed by atoms with E-state index >= 15 is 0 Å². The van der Waals surface area contributed by atoms with E-state index in [1.54, 1.807) is 0 Å². The van der Waals surface area contributed by atoms with Gasteiger partial charge < -0.3 is 20.7 Å². The van der Waals surface area contributed by atoms with Crippen LogP contribution in [0.4, 0.5) is 5.82 Å². The van der Waals surface area contributed by atoms with Gasteiger partial charge in [-0.3, -0.25) is 4.79 Å². The highest BCUT2D eigenvalue weighted by atomic mass is 35.5. The van der Waals surface area contributed by atoms with Gasteiger partial charge in [-0.15, -0.1) is 0 Å². The fraction of sp³-hybridized carbons (Fsp3) is 0.444. The first-order valence-corrected chi connectivity index (χ1v) is 5.04. The van der Waals surface area contributed by atoms with Gasteiger partial charge in [0.25, 0.3) is 0 Å². The number of carbonyl (C=O) groups excluding carboxylic acids is 1. The molecule has 8 heteroatoms. The van der Waals surface area contributed by atoms with Gasteiger partial charge in [-0.25, -0.2) is 9.97 Å². The highest BCUT2D eigenvalue weighted by Crippen LogP contribution is 2.22. The van der Waals surface area contributed by atoms with Crippen LogP contribution < -0.4 is 5.73 Å². The van der Waals surface area contributed by atoms with Gasteiger partial charge in [-0.2, -0.15) is 0 Å². The number of esters is 1. The molecular formula is C9H12ClN3O4. The van der Waals surface area contributed by atoms with Crippen LogP contribution in [0.3, 0.4) is 0 Å². The first kappa shape index (κ1) is 13.6. The zero-order chi connectivity index (χ0) is 13.0. The Morgan fingerprint density at radius 2 is 2.29 bits per heavy atom. The molecule has 0 aliphatic carbocycles. The van der Waals surface area contributed by atoms with E-state index in [2.05, 4.69) is 14.7 Å². The highest BCUT2D eigenvalue weighted by molar-refractivity contribution is 6.29. The first-order valence-electron chi connectivity index (χ1n) is 4.66. The van der Waals surface area contributed by atoms with Gasteiger partial charge in [0.1, 0.15) is 22.8 Å². The minimum atomic E-state index is -1.46. The van der Waals surface area contributed by atoms with Gasteiger partial charge >= 0.3 is 5.97 Å². The van der Waals surface area contributed by atoms with E-state index in [0.717, 1.165) is 0 Å². The van der Waals surface area contributed by atoms with Gasteiger partial charge in [0.05, 0.1) is 25.8 Å². The van der Waals surface area contributed by atoms with Gasteiger partial charge in [-0.05, 0) is 0 Å². The number of nitrogen functional groups attached to an aromatic ring is 1. The normalized spacial score (nSPS) is 14.1. The average Bonchev–Trinajstić information content (AvgIpc) is 2.31. The number of ether oxygens (including phenoxy) is 1. The predicted molar refractivity (Wildman–Crippen MR) is 59.1 cm³/mol. The number of methoxy groups -OCH3 is 1. The number of nitrogens with zero attached hydrogens (tertiary/aromatic N) is 2. The first-order chi connectivity index (χ1) is 7.95. The molecule has 0 saturated heterocycles. The second kappa shape index (κ2) is 5.76. The highest BCUT2D eigenvalue weighted by Gasteiger charge is 2.25. The lowest BCUT2D eigenvalue weighted by atomic mass is 10.1. The number of aromatic nitrogens is 2. The molecule has 17 heavy (non-hydrogen) atoms. The van der Waals surface area contributed by atoms with Crippen molar-refractivity contribution >= 4 is 23.4 Å². The van der Waals surface area contributed by atoms with Crippen LogP contribution in [0, 0.1) is 0 Å². The molecule has 1 rings (SSSR count). The molecule has 1 aromatic heterocycles. The summed E-state index contributed by atoms with van der Waals surface area (Å²) in [5.74, 6) is -0.726. The smallest absolute Gasteiger partial charge is 0.308 e. The molecule has 0 saturated carbocycles. The summed E-state index contributed by atoms with van der Waals surface area (Å²) in [5.41, 5.74) is 5.40. The number of hydrogen-bond donors (Lipinski definition) is 3. The summed E-state index contributed by atoms with van der Waals surface area (Å²) in [6.45, 7) is 0. The van der Waals surface area contributed by atoms with Crippen LogP contribution in [-0.4, -0.2) is 39.4 Å². The van der Waals surface area contributed by atoms with E-state index in [9.17, 15) is 15.0 Å². The van der Waals surface area contributed by atoms with E-state index in [1.165, 1.54) is 13.3 Å². The number of hydrogen-bond acceptors (Lipinski definition) is 7. The molecule has 0 amide bonds. The van der Waals surface area contributed by atoms with Crippen molar-refractivity contribution < 1.29 is 19.7 Å². The van der Waals surface area contributed by atoms with Crippen LogP contribution in [0.25, 0.3) is 0 Å². The molecule has 2 atom stereocenters. The summed E-state index contributed by atoms with van der Waals surface area (Å²) in [4.78, 5) is 18.3. The summed E-state index contributed by atoms with van der Waals surface area (Å²) in [6.07, 6.45) is -2.02. The zero-order valence-corrected chi connectivity index (χ0v) is 9.76. The lowest BCUT2D eigenvalue weighted by molar-refractivity contribution is -0.144. The maximum atomic E-state index is 10.9. The maximum Gasteiger partial charge on any atom is 0.308 e. The molecule has 0 spiro atoms. The fourth-order valence-corrected chi connectivity index (χ4v) is 1.30. The molecule has 4 N–H and O–H groups in total. The number of aliphatic hydroxyl groups is 2.